The van der Waals surface area contributed by atoms with Crippen molar-refractivity contribution in [3.8, 4) is 5.69 Å². The number of esters is 1. The van der Waals surface area contributed by atoms with Crippen molar-refractivity contribution in [1.82, 2.24) is 19.7 Å². The highest BCUT2D eigenvalue weighted by molar-refractivity contribution is 5.87. The van der Waals surface area contributed by atoms with E-state index in [1.54, 1.807) is 6.20 Å². The number of hydrogen-bond donors (Lipinski definition) is 0. The summed E-state index contributed by atoms with van der Waals surface area (Å²) in [5.41, 5.74) is 0.370. The second kappa shape index (κ2) is 5.38. The Morgan fingerprint density at radius 1 is 1.37 bits per heavy atom. The van der Waals surface area contributed by atoms with Crippen LogP contribution in [0, 0.1) is 0 Å². The zero-order chi connectivity index (χ0) is 13.8. The predicted molar refractivity (Wildman–Crippen MR) is 66.1 cm³/mol. The summed E-state index contributed by atoms with van der Waals surface area (Å²) in [5.74, 6) is -0.758. The Bertz CT molecular complexity index is 652. The van der Waals surface area contributed by atoms with E-state index in [-0.39, 0.29) is 5.69 Å². The number of rotatable bonds is 3. The largest absolute Gasteiger partial charge is 0.464 e. The number of ether oxygens (including phenoxy) is 1. The summed E-state index contributed by atoms with van der Waals surface area (Å²) in [6.45, 7) is 1.82. The topological polar surface area (TPSA) is 87.0 Å². The number of carbonyl (C=O) groups is 1. The van der Waals surface area contributed by atoms with Crippen LogP contribution >= 0.6 is 0 Å². The standard InChI is InChI=1S/C12H12N4O3/c1-3-8-6-16(9-4-13-7-14-5-9)15-10(11(8)17)12(18)19-2/h4-7H,3H2,1-2H3. The third-order valence-electron chi connectivity index (χ3n) is 2.56. The molecule has 0 fully saturated rings. The number of aryl methyl sites for hydroxylation is 1. The second-order valence-corrected chi connectivity index (χ2v) is 3.72. The summed E-state index contributed by atoms with van der Waals surface area (Å²) in [6, 6.07) is 0. The van der Waals surface area contributed by atoms with Crippen LogP contribution in [0.15, 0.2) is 29.7 Å². The molecule has 0 aliphatic heterocycles. The zero-order valence-corrected chi connectivity index (χ0v) is 10.5. The van der Waals surface area contributed by atoms with E-state index in [1.807, 2.05) is 6.92 Å². The van der Waals surface area contributed by atoms with Crippen LogP contribution in [0.5, 0.6) is 0 Å². The zero-order valence-electron chi connectivity index (χ0n) is 10.5. The van der Waals surface area contributed by atoms with Gasteiger partial charge in [-0.3, -0.25) is 4.79 Å². The van der Waals surface area contributed by atoms with Gasteiger partial charge >= 0.3 is 5.97 Å². The molecule has 0 aromatic carbocycles. The minimum absolute atomic E-state index is 0.245. The molecule has 0 radical (unpaired) electrons. The summed E-state index contributed by atoms with van der Waals surface area (Å²) in [5, 5.41) is 3.97. The lowest BCUT2D eigenvalue weighted by Gasteiger charge is -2.08. The molecular formula is C12H12N4O3. The van der Waals surface area contributed by atoms with Crippen LogP contribution in [0.3, 0.4) is 0 Å². The molecule has 0 saturated heterocycles. The van der Waals surface area contributed by atoms with E-state index in [9.17, 15) is 9.59 Å². The molecule has 7 heteroatoms. The van der Waals surface area contributed by atoms with Gasteiger partial charge in [0.25, 0.3) is 0 Å². The number of nitrogens with zero attached hydrogens (tertiary/aromatic N) is 4. The van der Waals surface area contributed by atoms with E-state index in [0.29, 0.717) is 17.7 Å². The van der Waals surface area contributed by atoms with Crippen molar-refractivity contribution >= 4 is 5.97 Å². The first-order valence-electron chi connectivity index (χ1n) is 5.64. The molecule has 0 amide bonds. The van der Waals surface area contributed by atoms with Crippen molar-refractivity contribution in [2.75, 3.05) is 7.11 Å². The predicted octanol–water partition coefficient (Wildman–Crippen LogP) is 0.371. The summed E-state index contributed by atoms with van der Waals surface area (Å²) in [6.07, 6.45) is 6.50. The summed E-state index contributed by atoms with van der Waals surface area (Å²) < 4.78 is 5.96. The van der Waals surface area contributed by atoms with Gasteiger partial charge in [0.2, 0.25) is 11.1 Å². The maximum absolute atomic E-state index is 12.0. The fourth-order valence-electron chi connectivity index (χ4n) is 1.56. The Hall–Kier alpha value is -2.57. The van der Waals surface area contributed by atoms with Crippen molar-refractivity contribution in [3.63, 3.8) is 0 Å². The van der Waals surface area contributed by atoms with Crippen LogP contribution in [-0.4, -0.2) is 32.8 Å². The van der Waals surface area contributed by atoms with Crippen molar-refractivity contribution in [1.29, 1.82) is 0 Å². The first kappa shape index (κ1) is 12.9. The number of methoxy groups -OCH3 is 1. The Morgan fingerprint density at radius 2 is 2.05 bits per heavy atom. The molecule has 0 spiro atoms. The highest BCUT2D eigenvalue weighted by Gasteiger charge is 2.17. The van der Waals surface area contributed by atoms with Gasteiger partial charge in [-0.15, -0.1) is 0 Å². The van der Waals surface area contributed by atoms with Gasteiger partial charge in [0.15, 0.2) is 0 Å². The van der Waals surface area contributed by atoms with Gasteiger partial charge in [-0.25, -0.2) is 19.4 Å². The maximum atomic E-state index is 12.0. The summed E-state index contributed by atoms with van der Waals surface area (Å²) in [7, 11) is 1.21. The van der Waals surface area contributed by atoms with Gasteiger partial charge in [-0.2, -0.15) is 5.10 Å². The normalized spacial score (nSPS) is 10.2. The molecule has 2 heterocycles. The number of carbonyl (C=O) groups excluding carboxylic acids is 1. The molecule has 0 saturated carbocycles. The van der Waals surface area contributed by atoms with Gasteiger partial charge in [-0.05, 0) is 6.42 Å². The average molecular weight is 260 g/mol. The highest BCUT2D eigenvalue weighted by atomic mass is 16.5. The minimum atomic E-state index is -0.758. The van der Waals surface area contributed by atoms with E-state index < -0.39 is 11.4 Å². The van der Waals surface area contributed by atoms with Gasteiger partial charge < -0.3 is 4.74 Å². The third kappa shape index (κ3) is 2.49. The summed E-state index contributed by atoms with van der Waals surface area (Å²) in [4.78, 5) is 31.3. The van der Waals surface area contributed by atoms with E-state index >= 15 is 0 Å². The van der Waals surface area contributed by atoms with E-state index in [1.165, 1.54) is 30.5 Å². The molecular weight excluding hydrogens is 248 g/mol. The van der Waals surface area contributed by atoms with Crippen LogP contribution in [0.4, 0.5) is 0 Å². The van der Waals surface area contributed by atoms with Crippen molar-refractivity contribution in [2.45, 2.75) is 13.3 Å². The Morgan fingerprint density at radius 3 is 2.63 bits per heavy atom. The molecule has 0 atom stereocenters. The summed E-state index contributed by atoms with van der Waals surface area (Å²) >= 11 is 0. The van der Waals surface area contributed by atoms with Gasteiger partial charge in [0.1, 0.15) is 12.0 Å². The molecule has 2 aromatic heterocycles. The lowest BCUT2D eigenvalue weighted by atomic mass is 10.2. The monoisotopic (exact) mass is 260 g/mol. The van der Waals surface area contributed by atoms with E-state index in [0.717, 1.165) is 0 Å². The van der Waals surface area contributed by atoms with Crippen LogP contribution in [0.1, 0.15) is 23.0 Å². The van der Waals surface area contributed by atoms with Crippen molar-refractivity contribution < 1.29 is 9.53 Å². The Labute approximate surface area is 108 Å². The SMILES string of the molecule is CCc1cn(-c2cncnc2)nc(C(=O)OC)c1=O. The minimum Gasteiger partial charge on any atom is -0.464 e. The smallest absolute Gasteiger partial charge is 0.362 e. The first-order chi connectivity index (χ1) is 9.17. The van der Waals surface area contributed by atoms with Gasteiger partial charge in [0.05, 0.1) is 19.5 Å². The average Bonchev–Trinajstić information content (AvgIpc) is 2.47. The fraction of sp³-hybridized carbons (Fsp3) is 0.250. The van der Waals surface area contributed by atoms with E-state index in [2.05, 4.69) is 19.8 Å². The Balaban J connectivity index is 2.64. The molecule has 0 unspecified atom stereocenters. The lowest BCUT2D eigenvalue weighted by molar-refractivity contribution is 0.0590. The molecule has 2 aromatic rings. The van der Waals surface area contributed by atoms with E-state index in [4.69, 9.17) is 0 Å². The molecule has 0 N–H and O–H groups in total. The van der Waals surface area contributed by atoms with Crippen LogP contribution < -0.4 is 5.43 Å². The van der Waals surface area contributed by atoms with Crippen molar-refractivity contribution in [2.24, 2.45) is 0 Å². The second-order valence-electron chi connectivity index (χ2n) is 3.72. The van der Waals surface area contributed by atoms with Crippen LogP contribution in [0.25, 0.3) is 5.69 Å². The van der Waals surface area contributed by atoms with Gasteiger partial charge in [-0.1, -0.05) is 6.92 Å². The van der Waals surface area contributed by atoms with Crippen molar-refractivity contribution in [3.05, 3.63) is 46.4 Å². The molecule has 0 aliphatic carbocycles. The maximum Gasteiger partial charge on any atom is 0.362 e. The van der Waals surface area contributed by atoms with Crippen LogP contribution in [0.2, 0.25) is 0 Å². The molecule has 0 aliphatic rings. The fourth-order valence-corrected chi connectivity index (χ4v) is 1.56. The number of hydrogen-bond acceptors (Lipinski definition) is 6. The molecule has 19 heavy (non-hydrogen) atoms. The van der Waals surface area contributed by atoms with Gasteiger partial charge in [0, 0.05) is 11.8 Å². The quantitative estimate of drug-likeness (QED) is 0.741. The third-order valence-corrected chi connectivity index (χ3v) is 2.56. The Kier molecular flexibility index (Phi) is 3.65. The lowest BCUT2D eigenvalue weighted by Crippen LogP contribution is -2.25. The molecule has 98 valence electrons. The van der Waals surface area contributed by atoms with Crippen LogP contribution in [-0.2, 0) is 11.2 Å². The number of aromatic nitrogens is 4. The highest BCUT2D eigenvalue weighted by Crippen LogP contribution is 2.04. The molecule has 0 bridgehead atoms. The molecule has 7 nitrogen and oxygen atoms in total. The first-order valence-corrected chi connectivity index (χ1v) is 5.64. The molecule has 2 rings (SSSR count).